The fraction of sp³-hybridized carbons (Fsp3) is 0. The van der Waals surface area contributed by atoms with E-state index in [1.54, 1.807) is 6.07 Å². The summed E-state index contributed by atoms with van der Waals surface area (Å²) in [5, 5.41) is -0.157. The van der Waals surface area contributed by atoms with Crippen LogP contribution >= 0.6 is 7.60 Å². The van der Waals surface area contributed by atoms with E-state index in [1.807, 2.05) is 0 Å². The van der Waals surface area contributed by atoms with Crippen molar-refractivity contribution in [1.82, 2.24) is 0 Å². The number of rotatable bonds is 1. The van der Waals surface area contributed by atoms with Crippen molar-refractivity contribution in [1.29, 1.82) is 0 Å². The molecule has 0 saturated heterocycles. The molecular formula is C6H5Cl2Mg2O3P. The molecule has 1 aromatic rings. The largest absolute Gasteiger partial charge is 2.00 e. The molecule has 70 valence electrons. The predicted octanol–water partition coefficient (Wildman–Crippen LogP) is -7.53. The quantitative estimate of drug-likeness (QED) is 0.378. The van der Waals surface area contributed by atoms with Crippen molar-refractivity contribution >= 4 is 59.0 Å². The minimum atomic E-state index is -4.52. The van der Waals surface area contributed by atoms with Crippen LogP contribution in [0, 0.1) is 0 Å². The first-order valence-electron chi connectivity index (χ1n) is 2.68. The van der Waals surface area contributed by atoms with Crippen molar-refractivity contribution in [3.63, 3.8) is 0 Å². The molecule has 0 aromatic heterocycles. The van der Waals surface area contributed by atoms with Crippen molar-refractivity contribution in [3.8, 4) is 0 Å². The third-order valence-electron chi connectivity index (χ3n) is 1.07. The van der Waals surface area contributed by atoms with E-state index in [0.717, 1.165) is 0 Å². The molecule has 3 nitrogen and oxygen atoms in total. The van der Waals surface area contributed by atoms with E-state index in [1.165, 1.54) is 24.3 Å². The molecule has 0 heterocycles. The Bertz CT molecular complexity index is 267. The van der Waals surface area contributed by atoms with Crippen LogP contribution in [0.25, 0.3) is 0 Å². The molecule has 8 heteroatoms. The molecule has 0 unspecified atom stereocenters. The average molecular weight is 276 g/mol. The minimum Gasteiger partial charge on any atom is -1.00 e. The van der Waals surface area contributed by atoms with Gasteiger partial charge in [0.2, 0.25) is 0 Å². The molecule has 1 aromatic carbocycles. The zero-order valence-corrected chi connectivity index (χ0v) is 12.5. The monoisotopic (exact) mass is 274 g/mol. The molecule has 0 aliphatic rings. The molecule has 0 N–H and O–H groups in total. The minimum absolute atomic E-state index is 0. The van der Waals surface area contributed by atoms with Gasteiger partial charge in [0.25, 0.3) is 0 Å². The Morgan fingerprint density at radius 2 is 1.29 bits per heavy atom. The topological polar surface area (TPSA) is 63.2 Å². The molecule has 0 spiro atoms. The zero-order valence-electron chi connectivity index (χ0n) is 7.23. The summed E-state index contributed by atoms with van der Waals surface area (Å²) in [5.74, 6) is 0. The van der Waals surface area contributed by atoms with Crippen LogP contribution in [-0.4, -0.2) is 46.1 Å². The van der Waals surface area contributed by atoms with Crippen molar-refractivity contribution in [2.75, 3.05) is 0 Å². The van der Waals surface area contributed by atoms with E-state index in [2.05, 4.69) is 0 Å². The van der Waals surface area contributed by atoms with Crippen LogP contribution in [0.15, 0.2) is 30.3 Å². The van der Waals surface area contributed by atoms with Gasteiger partial charge in [-0.1, -0.05) is 30.3 Å². The first-order chi connectivity index (χ1) is 4.61. The van der Waals surface area contributed by atoms with Crippen LogP contribution in [-0.2, 0) is 4.57 Å². The SMILES string of the molecule is O=P([O-])([O-])c1ccccc1.[Cl-].[Cl-].[Mg+2].[Mg+2]. The van der Waals surface area contributed by atoms with Gasteiger partial charge in [0, 0.05) is 0 Å². The Kier molecular flexibility index (Phi) is 19.3. The number of benzene rings is 1. The molecule has 14 heavy (non-hydrogen) atoms. The average Bonchev–Trinajstić information content (AvgIpc) is 1.88. The standard InChI is InChI=1S/C6H7O3P.2ClH.2Mg/c7-10(8,9)6-4-2-1-3-5-6;;;;/h1-5H,(H2,7,8,9);2*1H;;/q;;;2*+2/p-4. The van der Waals surface area contributed by atoms with Crippen LogP contribution in [0.3, 0.4) is 0 Å². The Labute approximate surface area is 127 Å². The summed E-state index contributed by atoms with van der Waals surface area (Å²) < 4.78 is 10.3. The van der Waals surface area contributed by atoms with Crippen LogP contribution in [0.1, 0.15) is 0 Å². The van der Waals surface area contributed by atoms with Crippen molar-refractivity contribution in [3.05, 3.63) is 30.3 Å². The fourth-order valence-electron chi connectivity index (χ4n) is 0.611. The molecule has 0 bridgehead atoms. The summed E-state index contributed by atoms with van der Waals surface area (Å²) >= 11 is 0. The number of hydrogen-bond donors (Lipinski definition) is 0. The smallest absolute Gasteiger partial charge is 1.00 e. The summed E-state index contributed by atoms with van der Waals surface area (Å²) in [6.45, 7) is 0. The van der Waals surface area contributed by atoms with Gasteiger partial charge in [0.15, 0.2) is 0 Å². The Morgan fingerprint density at radius 1 is 0.929 bits per heavy atom. The second kappa shape index (κ2) is 11.0. The van der Waals surface area contributed by atoms with Gasteiger partial charge in [0.1, 0.15) is 0 Å². The molecular weight excluding hydrogens is 271 g/mol. The molecule has 0 saturated carbocycles. The number of halogens is 2. The van der Waals surface area contributed by atoms with E-state index >= 15 is 0 Å². The molecule has 0 amide bonds. The molecule has 0 radical (unpaired) electrons. The van der Waals surface area contributed by atoms with E-state index in [0.29, 0.717) is 0 Å². The normalized spacial score (nSPS) is 8.14. The van der Waals surface area contributed by atoms with Gasteiger partial charge in [-0.15, -0.1) is 0 Å². The van der Waals surface area contributed by atoms with E-state index < -0.39 is 7.60 Å². The van der Waals surface area contributed by atoms with Gasteiger partial charge in [-0.2, -0.15) is 0 Å². The van der Waals surface area contributed by atoms with Crippen LogP contribution in [0.4, 0.5) is 0 Å². The fourth-order valence-corrected chi connectivity index (χ4v) is 1.15. The van der Waals surface area contributed by atoms with Crippen molar-refractivity contribution in [2.45, 2.75) is 0 Å². The number of hydrogen-bond acceptors (Lipinski definition) is 3. The molecule has 1 rings (SSSR count). The summed E-state index contributed by atoms with van der Waals surface area (Å²) in [5.41, 5.74) is 0. The summed E-state index contributed by atoms with van der Waals surface area (Å²) in [6, 6.07) is 7.23. The van der Waals surface area contributed by atoms with Gasteiger partial charge < -0.3 is 39.2 Å². The van der Waals surface area contributed by atoms with Gasteiger partial charge >= 0.3 is 46.1 Å². The maximum atomic E-state index is 10.3. The summed E-state index contributed by atoms with van der Waals surface area (Å²) in [6.07, 6.45) is 0. The Morgan fingerprint density at radius 3 is 1.50 bits per heavy atom. The zero-order chi connectivity index (χ0) is 7.61. The third-order valence-corrected chi connectivity index (χ3v) is 2.00. The predicted molar refractivity (Wildman–Crippen MR) is 45.2 cm³/mol. The van der Waals surface area contributed by atoms with E-state index in [4.69, 9.17) is 0 Å². The Balaban J connectivity index is -0.000000125. The first kappa shape index (κ1) is 24.6. The first-order valence-corrected chi connectivity index (χ1v) is 4.22. The van der Waals surface area contributed by atoms with E-state index in [-0.39, 0.29) is 76.2 Å². The van der Waals surface area contributed by atoms with Crippen LogP contribution < -0.4 is 39.9 Å². The summed E-state index contributed by atoms with van der Waals surface area (Å²) in [7, 11) is -4.52. The maximum Gasteiger partial charge on any atom is 2.00 e. The molecule has 0 aliphatic carbocycles. The van der Waals surface area contributed by atoms with Crippen molar-refractivity contribution < 1.29 is 39.2 Å². The molecule has 0 fully saturated rings. The van der Waals surface area contributed by atoms with Gasteiger partial charge in [-0.25, -0.2) is 0 Å². The van der Waals surface area contributed by atoms with Gasteiger partial charge in [-0.05, 0) is 12.9 Å². The Hall–Kier alpha value is 1.48. The van der Waals surface area contributed by atoms with Crippen LogP contribution in [0.5, 0.6) is 0 Å². The van der Waals surface area contributed by atoms with Crippen LogP contribution in [0.2, 0.25) is 0 Å². The van der Waals surface area contributed by atoms with Gasteiger partial charge in [0.05, 0.1) is 0 Å². The maximum absolute atomic E-state index is 10.3. The second-order valence-electron chi connectivity index (χ2n) is 1.83. The van der Waals surface area contributed by atoms with Gasteiger partial charge in [-0.3, -0.25) is 0 Å². The second-order valence-corrected chi connectivity index (χ2v) is 3.34. The van der Waals surface area contributed by atoms with E-state index in [9.17, 15) is 14.4 Å². The third kappa shape index (κ3) is 8.76. The van der Waals surface area contributed by atoms with Crippen molar-refractivity contribution in [2.24, 2.45) is 0 Å². The molecule has 0 aliphatic heterocycles. The summed E-state index contributed by atoms with van der Waals surface area (Å²) in [4.78, 5) is 20.6. The molecule has 0 atom stereocenters.